The van der Waals surface area contributed by atoms with Crippen molar-refractivity contribution in [3.8, 4) is 0 Å². The molecule has 9 N–H and O–H groups in total. The van der Waals surface area contributed by atoms with Crippen molar-refractivity contribution < 1.29 is 56.7 Å². The summed E-state index contributed by atoms with van der Waals surface area (Å²) < 4.78 is 60.9. The summed E-state index contributed by atoms with van der Waals surface area (Å²) in [5.41, 5.74) is 10.8. The van der Waals surface area contributed by atoms with E-state index >= 15 is 0 Å². The van der Waals surface area contributed by atoms with E-state index in [0.29, 0.717) is 0 Å². The third-order valence-corrected chi connectivity index (χ3v) is 9.29. The zero-order chi connectivity index (χ0) is 31.8. The number of nitrogens with one attached hydrogen (secondary N) is 1. The first kappa shape index (κ1) is 30.2. The maximum atomic E-state index is 13.1. The summed E-state index contributed by atoms with van der Waals surface area (Å²) in [6.07, 6.45) is -9.11. The van der Waals surface area contributed by atoms with Gasteiger partial charge in [0.2, 0.25) is 5.95 Å². The van der Waals surface area contributed by atoms with Gasteiger partial charge in [0.15, 0.2) is 35.1 Å². The van der Waals surface area contributed by atoms with Crippen molar-refractivity contribution in [2.75, 3.05) is 24.7 Å². The van der Waals surface area contributed by atoms with Gasteiger partial charge >= 0.3 is 15.6 Å². The lowest BCUT2D eigenvalue weighted by Crippen LogP contribution is -2.39. The number of ether oxygens (including phenoxy) is 2. The Morgan fingerprint density at radius 1 is 0.822 bits per heavy atom. The normalized spacial score (nSPS) is 37.7. The summed E-state index contributed by atoms with van der Waals surface area (Å²) in [4.78, 5) is 55.6. The Bertz CT molecular complexity index is 1940. The minimum absolute atomic E-state index is 0.0383. The second-order valence-electron chi connectivity index (χ2n) is 10.1. The van der Waals surface area contributed by atoms with Crippen molar-refractivity contribution in [1.29, 1.82) is 0 Å². The van der Waals surface area contributed by atoms with Gasteiger partial charge in [0.1, 0.15) is 48.5 Å². The van der Waals surface area contributed by atoms with Gasteiger partial charge in [-0.1, -0.05) is 0 Å². The number of aliphatic hydroxyl groups excluding tert-OH is 2. The molecule has 25 heteroatoms. The van der Waals surface area contributed by atoms with E-state index in [4.69, 9.17) is 39.0 Å². The number of rotatable bonds is 2. The minimum atomic E-state index is -5.06. The molecule has 242 valence electrons. The first-order valence-electron chi connectivity index (χ1n) is 13.0. The van der Waals surface area contributed by atoms with E-state index in [-0.39, 0.29) is 34.1 Å². The quantitative estimate of drug-likeness (QED) is 0.109. The van der Waals surface area contributed by atoms with Gasteiger partial charge in [0, 0.05) is 0 Å². The number of aromatic amines is 1. The average Bonchev–Trinajstić information content (AvgIpc) is 3.72. The number of imidazole rings is 2. The van der Waals surface area contributed by atoms with Crippen molar-refractivity contribution in [1.82, 2.24) is 39.0 Å². The van der Waals surface area contributed by atoms with Crippen LogP contribution in [0.1, 0.15) is 12.5 Å². The molecule has 7 rings (SSSR count). The molecule has 3 aliphatic heterocycles. The van der Waals surface area contributed by atoms with Crippen LogP contribution in [0.15, 0.2) is 23.8 Å². The SMILES string of the molecule is Nc1nc2c(ncn2[C@H]2O[C@H]3COP(=O)(O)O[C@@H]4[C@H](O)[C@@H](n5cnc6c(N)ncnc65)O[C@H]4COP(=O)(O)O[C@@H]3[C@@H]2O)c(=O)[nH]1. The van der Waals surface area contributed by atoms with E-state index in [1.165, 1.54) is 10.9 Å². The molecule has 0 aliphatic carbocycles. The monoisotopic (exact) mass is 674 g/mol. The number of hydrogen-bond donors (Lipinski definition) is 7. The minimum Gasteiger partial charge on any atom is -0.386 e. The molecule has 3 saturated heterocycles. The van der Waals surface area contributed by atoms with Crippen LogP contribution in [0.2, 0.25) is 0 Å². The number of aromatic nitrogens is 8. The third kappa shape index (κ3) is 5.31. The Kier molecular flexibility index (Phi) is 7.27. The summed E-state index contributed by atoms with van der Waals surface area (Å²) in [5.74, 6) is -0.230. The molecule has 0 amide bonds. The van der Waals surface area contributed by atoms with E-state index in [1.54, 1.807) is 0 Å². The van der Waals surface area contributed by atoms with Gasteiger partial charge in [-0.05, 0) is 0 Å². The van der Waals surface area contributed by atoms with Gasteiger partial charge in [-0.3, -0.25) is 37.0 Å². The van der Waals surface area contributed by atoms with Crippen LogP contribution in [-0.4, -0.2) is 109 Å². The highest BCUT2D eigenvalue weighted by molar-refractivity contribution is 7.47. The van der Waals surface area contributed by atoms with Gasteiger partial charge in [-0.15, -0.1) is 0 Å². The summed E-state index contributed by atoms with van der Waals surface area (Å²) in [7, 11) is -10.1. The lowest BCUT2D eigenvalue weighted by Gasteiger charge is -2.27. The lowest BCUT2D eigenvalue weighted by atomic mass is 10.1. The molecule has 3 fully saturated rings. The molecule has 0 saturated carbocycles. The van der Waals surface area contributed by atoms with Crippen molar-refractivity contribution >= 4 is 49.7 Å². The highest BCUT2D eigenvalue weighted by Gasteiger charge is 2.54. The number of fused-ring (bicyclic) bond motifs is 4. The second kappa shape index (κ2) is 10.8. The number of anilines is 2. The van der Waals surface area contributed by atoms with Crippen molar-refractivity contribution in [2.24, 2.45) is 0 Å². The molecule has 7 heterocycles. The molecule has 10 atom stereocenters. The van der Waals surface area contributed by atoms with E-state index in [0.717, 1.165) is 17.2 Å². The van der Waals surface area contributed by atoms with Crippen LogP contribution in [0, 0.1) is 0 Å². The first-order chi connectivity index (χ1) is 21.3. The van der Waals surface area contributed by atoms with Gasteiger partial charge in [0.05, 0.1) is 25.9 Å². The highest BCUT2D eigenvalue weighted by Crippen LogP contribution is 2.53. The summed E-state index contributed by atoms with van der Waals surface area (Å²) in [5, 5.41) is 22.2. The zero-order valence-electron chi connectivity index (χ0n) is 22.4. The van der Waals surface area contributed by atoms with Crippen LogP contribution >= 0.6 is 15.6 Å². The van der Waals surface area contributed by atoms with Gasteiger partial charge in [0.25, 0.3) is 5.56 Å². The second-order valence-corrected chi connectivity index (χ2v) is 13.0. The zero-order valence-corrected chi connectivity index (χ0v) is 24.2. The summed E-state index contributed by atoms with van der Waals surface area (Å²) in [6.45, 7) is -1.65. The number of phosphoric acid groups is 2. The standard InChI is InChI=1S/C20H24N10O13P2/c21-14-8-15(24-3-23-14)29(4-25-8)18-10(31)12-6(40-18)1-38-45(36,37)43-13-7(2-39-44(34,35)42-12)41-19(11(13)32)30-5-26-9-16(30)27-20(22)28-17(9)33/h3-7,10-13,18-19,31-32H,1-2H2,(H,34,35)(H,36,37)(H2,21,23,24)(H3,22,27,28,33)/t6-,7-,10-,11-,12-,13-,18-,19-/m0/s1. The fourth-order valence-corrected chi connectivity index (χ4v) is 7.25. The molecule has 0 aromatic carbocycles. The number of H-pyrrole nitrogens is 1. The Balaban J connectivity index is 1.17. The Hall–Kier alpha value is -3.44. The predicted octanol–water partition coefficient (Wildman–Crippen LogP) is -2.34. The number of nitrogen functional groups attached to an aromatic ring is 2. The van der Waals surface area contributed by atoms with Crippen molar-refractivity contribution in [3.63, 3.8) is 0 Å². The Morgan fingerprint density at radius 3 is 1.93 bits per heavy atom. The fraction of sp³-hybridized carbons (Fsp3) is 0.500. The highest BCUT2D eigenvalue weighted by atomic mass is 31.2. The van der Waals surface area contributed by atoms with Crippen LogP contribution in [0.4, 0.5) is 11.8 Å². The molecule has 4 aromatic heterocycles. The van der Waals surface area contributed by atoms with Crippen LogP contribution in [-0.2, 0) is 36.7 Å². The number of aliphatic hydroxyl groups is 2. The fourth-order valence-electron chi connectivity index (χ4n) is 5.32. The Morgan fingerprint density at radius 2 is 1.36 bits per heavy atom. The molecule has 2 unspecified atom stereocenters. The van der Waals surface area contributed by atoms with Crippen molar-refractivity contribution in [3.05, 3.63) is 29.3 Å². The van der Waals surface area contributed by atoms with E-state index in [2.05, 4.69) is 29.9 Å². The molecule has 45 heavy (non-hydrogen) atoms. The van der Waals surface area contributed by atoms with Crippen LogP contribution in [0.3, 0.4) is 0 Å². The predicted molar refractivity (Wildman–Crippen MR) is 143 cm³/mol. The molecular weight excluding hydrogens is 650 g/mol. The lowest BCUT2D eigenvalue weighted by molar-refractivity contribution is -0.0664. The molecule has 0 radical (unpaired) electrons. The van der Waals surface area contributed by atoms with Gasteiger partial charge in [-0.25, -0.2) is 29.1 Å². The smallest absolute Gasteiger partial charge is 0.386 e. The number of phosphoric ester groups is 2. The third-order valence-electron chi connectivity index (χ3n) is 7.32. The van der Waals surface area contributed by atoms with Gasteiger partial charge in [-0.2, -0.15) is 4.98 Å². The molecular formula is C20H24N10O13P2. The maximum Gasteiger partial charge on any atom is 0.472 e. The average molecular weight is 674 g/mol. The van der Waals surface area contributed by atoms with Crippen molar-refractivity contribution in [2.45, 2.75) is 49.1 Å². The molecule has 0 bridgehead atoms. The van der Waals surface area contributed by atoms with Gasteiger partial charge < -0.3 is 40.9 Å². The molecule has 0 spiro atoms. The van der Waals surface area contributed by atoms with Crippen LogP contribution in [0.25, 0.3) is 22.3 Å². The number of nitrogens with zero attached hydrogens (tertiary/aromatic N) is 7. The molecule has 3 aliphatic rings. The first-order valence-corrected chi connectivity index (χ1v) is 15.9. The van der Waals surface area contributed by atoms with E-state index < -0.39 is 83.5 Å². The molecule has 4 aromatic rings. The molecule has 23 nitrogen and oxygen atoms in total. The maximum absolute atomic E-state index is 13.1. The number of nitrogens with two attached hydrogens (primary N) is 2. The van der Waals surface area contributed by atoms with E-state index in [1.807, 2.05) is 0 Å². The Labute approximate surface area is 248 Å². The number of hydrogen-bond acceptors (Lipinski definition) is 18. The summed E-state index contributed by atoms with van der Waals surface area (Å²) >= 11 is 0. The summed E-state index contributed by atoms with van der Waals surface area (Å²) in [6, 6.07) is 0. The van der Waals surface area contributed by atoms with Crippen LogP contribution < -0.4 is 17.0 Å². The van der Waals surface area contributed by atoms with E-state index in [9.17, 15) is 33.9 Å². The largest absolute Gasteiger partial charge is 0.472 e. The van der Waals surface area contributed by atoms with Crippen LogP contribution in [0.5, 0.6) is 0 Å². The topological polar surface area (TPSA) is 330 Å².